The van der Waals surface area contributed by atoms with E-state index in [1.54, 1.807) is 7.11 Å². The first kappa shape index (κ1) is 11.4. The van der Waals surface area contributed by atoms with E-state index in [0.29, 0.717) is 12.0 Å². The second-order valence-electron chi connectivity index (χ2n) is 5.27. The van der Waals surface area contributed by atoms with Gasteiger partial charge in [0, 0.05) is 32.3 Å². The van der Waals surface area contributed by atoms with Crippen LogP contribution in [0.15, 0.2) is 0 Å². The van der Waals surface area contributed by atoms with E-state index in [4.69, 9.17) is 10.5 Å². The maximum absolute atomic E-state index is 5.92. The van der Waals surface area contributed by atoms with Crippen molar-refractivity contribution in [2.75, 3.05) is 26.8 Å². The zero-order valence-electron chi connectivity index (χ0n) is 9.98. The van der Waals surface area contributed by atoms with E-state index in [0.717, 1.165) is 25.1 Å². The number of ether oxygens (including phenoxy) is 1. The maximum Gasteiger partial charge on any atom is 0.0503 e. The van der Waals surface area contributed by atoms with Crippen LogP contribution in [0.1, 0.15) is 26.2 Å². The molecule has 1 aliphatic carbocycles. The monoisotopic (exact) mass is 212 g/mol. The fourth-order valence-electron chi connectivity index (χ4n) is 3.44. The highest BCUT2D eigenvalue weighted by atomic mass is 16.5. The molecule has 4 atom stereocenters. The minimum atomic E-state index is 0.528. The number of rotatable bonds is 5. The Kier molecular flexibility index (Phi) is 3.65. The average molecular weight is 212 g/mol. The third kappa shape index (κ3) is 2.19. The zero-order chi connectivity index (χ0) is 10.8. The standard InChI is InChI=1S/C12H24N2O/c1-9(8-15-2)12(6-13)14-7-10-3-4-11(14)5-10/h9-12H,3-8,13H2,1-2H3. The number of likely N-dealkylation sites (tertiary alicyclic amines) is 1. The Balaban J connectivity index is 1.94. The number of piperidine rings is 1. The number of hydrogen-bond acceptors (Lipinski definition) is 3. The van der Waals surface area contributed by atoms with Crippen LogP contribution in [0.25, 0.3) is 0 Å². The van der Waals surface area contributed by atoms with Gasteiger partial charge in [-0.25, -0.2) is 0 Å². The first-order chi connectivity index (χ1) is 7.26. The summed E-state index contributed by atoms with van der Waals surface area (Å²) in [5.41, 5.74) is 5.92. The summed E-state index contributed by atoms with van der Waals surface area (Å²) >= 11 is 0. The summed E-state index contributed by atoms with van der Waals surface area (Å²) in [5.74, 6) is 1.51. The van der Waals surface area contributed by atoms with Crippen molar-refractivity contribution < 1.29 is 4.74 Å². The number of methoxy groups -OCH3 is 1. The Labute approximate surface area is 93.0 Å². The molecule has 3 heteroatoms. The lowest BCUT2D eigenvalue weighted by atomic mass is 9.98. The summed E-state index contributed by atoms with van der Waals surface area (Å²) in [4.78, 5) is 2.65. The summed E-state index contributed by atoms with van der Waals surface area (Å²) < 4.78 is 5.24. The molecule has 1 aliphatic heterocycles. The molecule has 0 aromatic carbocycles. The Morgan fingerprint density at radius 2 is 2.27 bits per heavy atom. The van der Waals surface area contributed by atoms with Gasteiger partial charge >= 0.3 is 0 Å². The SMILES string of the molecule is COCC(C)C(CN)N1CC2CCC1C2. The summed E-state index contributed by atoms with van der Waals surface area (Å²) in [6.07, 6.45) is 4.24. The van der Waals surface area contributed by atoms with Crippen molar-refractivity contribution >= 4 is 0 Å². The van der Waals surface area contributed by atoms with Crippen LogP contribution in [0.2, 0.25) is 0 Å². The van der Waals surface area contributed by atoms with Crippen molar-refractivity contribution in [3.8, 4) is 0 Å². The Hall–Kier alpha value is -0.120. The molecule has 3 nitrogen and oxygen atoms in total. The van der Waals surface area contributed by atoms with Crippen LogP contribution in [0.3, 0.4) is 0 Å². The normalized spacial score (nSPS) is 34.6. The van der Waals surface area contributed by atoms with Crippen molar-refractivity contribution in [3.05, 3.63) is 0 Å². The highest BCUT2D eigenvalue weighted by Gasteiger charge is 2.41. The van der Waals surface area contributed by atoms with Crippen LogP contribution < -0.4 is 5.73 Å². The fraction of sp³-hybridized carbons (Fsp3) is 1.00. The van der Waals surface area contributed by atoms with E-state index in [-0.39, 0.29) is 0 Å². The van der Waals surface area contributed by atoms with Gasteiger partial charge in [0.25, 0.3) is 0 Å². The molecule has 1 heterocycles. The molecule has 1 saturated heterocycles. The Bertz CT molecular complexity index is 210. The first-order valence-corrected chi connectivity index (χ1v) is 6.21. The predicted molar refractivity (Wildman–Crippen MR) is 61.7 cm³/mol. The maximum atomic E-state index is 5.92. The Morgan fingerprint density at radius 1 is 1.47 bits per heavy atom. The molecule has 2 aliphatic rings. The molecule has 88 valence electrons. The number of nitrogens with two attached hydrogens (primary N) is 1. The van der Waals surface area contributed by atoms with Crippen LogP contribution in [-0.2, 0) is 4.74 Å². The number of fused-ring (bicyclic) bond motifs is 2. The van der Waals surface area contributed by atoms with E-state index in [9.17, 15) is 0 Å². The van der Waals surface area contributed by atoms with Crippen molar-refractivity contribution in [3.63, 3.8) is 0 Å². The van der Waals surface area contributed by atoms with Gasteiger partial charge in [0.15, 0.2) is 0 Å². The fourth-order valence-corrected chi connectivity index (χ4v) is 3.44. The predicted octanol–water partition coefficient (Wildman–Crippen LogP) is 1.08. The van der Waals surface area contributed by atoms with Crippen molar-refractivity contribution in [2.45, 2.75) is 38.3 Å². The molecule has 15 heavy (non-hydrogen) atoms. The lowest BCUT2D eigenvalue weighted by Gasteiger charge is -2.37. The summed E-state index contributed by atoms with van der Waals surface area (Å²) in [6, 6.07) is 1.35. The molecule has 2 rings (SSSR count). The number of hydrogen-bond donors (Lipinski definition) is 1. The van der Waals surface area contributed by atoms with E-state index in [2.05, 4.69) is 11.8 Å². The van der Waals surface area contributed by atoms with Crippen molar-refractivity contribution in [2.24, 2.45) is 17.6 Å². The third-order valence-corrected chi connectivity index (χ3v) is 4.21. The average Bonchev–Trinajstić information content (AvgIpc) is 2.81. The molecular formula is C12H24N2O. The molecule has 0 amide bonds. The van der Waals surface area contributed by atoms with Gasteiger partial charge in [-0.1, -0.05) is 6.92 Å². The summed E-state index contributed by atoms with van der Waals surface area (Å²) in [5, 5.41) is 0. The van der Waals surface area contributed by atoms with Gasteiger partial charge in [0.05, 0.1) is 6.61 Å². The van der Waals surface area contributed by atoms with Gasteiger partial charge in [-0.15, -0.1) is 0 Å². The lowest BCUT2D eigenvalue weighted by Crippen LogP contribution is -2.49. The second-order valence-corrected chi connectivity index (χ2v) is 5.27. The smallest absolute Gasteiger partial charge is 0.0503 e. The molecule has 2 bridgehead atoms. The van der Waals surface area contributed by atoms with E-state index in [1.165, 1.54) is 25.8 Å². The summed E-state index contributed by atoms with van der Waals surface area (Å²) in [6.45, 7) is 5.14. The topological polar surface area (TPSA) is 38.5 Å². The molecule has 0 aromatic heterocycles. The van der Waals surface area contributed by atoms with Gasteiger partial charge in [-0.2, -0.15) is 0 Å². The molecule has 0 aromatic rings. The zero-order valence-corrected chi connectivity index (χ0v) is 9.98. The van der Waals surface area contributed by atoms with E-state index >= 15 is 0 Å². The lowest BCUT2D eigenvalue weighted by molar-refractivity contribution is 0.0667. The highest BCUT2D eigenvalue weighted by Crippen LogP contribution is 2.39. The molecule has 1 saturated carbocycles. The van der Waals surface area contributed by atoms with E-state index < -0.39 is 0 Å². The quantitative estimate of drug-likeness (QED) is 0.741. The van der Waals surface area contributed by atoms with Crippen LogP contribution in [0, 0.1) is 11.8 Å². The van der Waals surface area contributed by atoms with Crippen LogP contribution >= 0.6 is 0 Å². The molecule has 2 fully saturated rings. The Morgan fingerprint density at radius 3 is 2.73 bits per heavy atom. The molecule has 0 spiro atoms. The molecule has 0 radical (unpaired) electrons. The molecule has 2 N–H and O–H groups in total. The van der Waals surface area contributed by atoms with Gasteiger partial charge in [-0.05, 0) is 31.1 Å². The number of nitrogens with zero attached hydrogens (tertiary/aromatic N) is 1. The minimum absolute atomic E-state index is 0.528. The summed E-state index contributed by atoms with van der Waals surface area (Å²) in [7, 11) is 1.78. The van der Waals surface area contributed by atoms with Crippen molar-refractivity contribution in [1.29, 1.82) is 0 Å². The van der Waals surface area contributed by atoms with Crippen LogP contribution in [0.4, 0.5) is 0 Å². The largest absolute Gasteiger partial charge is 0.384 e. The van der Waals surface area contributed by atoms with Gasteiger partial charge in [-0.3, -0.25) is 4.90 Å². The second kappa shape index (κ2) is 4.81. The van der Waals surface area contributed by atoms with Crippen LogP contribution in [-0.4, -0.2) is 43.8 Å². The molecule has 4 unspecified atom stereocenters. The highest BCUT2D eigenvalue weighted by molar-refractivity contribution is 4.96. The first-order valence-electron chi connectivity index (χ1n) is 6.21. The van der Waals surface area contributed by atoms with Gasteiger partial charge in [0.2, 0.25) is 0 Å². The van der Waals surface area contributed by atoms with Gasteiger partial charge < -0.3 is 10.5 Å². The van der Waals surface area contributed by atoms with Crippen molar-refractivity contribution in [1.82, 2.24) is 4.90 Å². The third-order valence-electron chi connectivity index (χ3n) is 4.21. The minimum Gasteiger partial charge on any atom is -0.384 e. The molecular weight excluding hydrogens is 188 g/mol. The van der Waals surface area contributed by atoms with Crippen LogP contribution in [0.5, 0.6) is 0 Å². The van der Waals surface area contributed by atoms with Gasteiger partial charge in [0.1, 0.15) is 0 Å². The van der Waals surface area contributed by atoms with E-state index in [1.807, 2.05) is 0 Å².